The monoisotopic (exact) mass is 200 g/mol. The second-order valence-electron chi connectivity index (χ2n) is 0. The van der Waals surface area contributed by atoms with Gasteiger partial charge in [0.15, 0.2) is 0 Å². The average molecular weight is 200 g/mol. The van der Waals surface area contributed by atoms with Gasteiger partial charge in [-0.25, -0.2) is 0 Å². The molecule has 0 saturated heterocycles. The Morgan fingerprint density at radius 3 is 1.25 bits per heavy atom. The van der Waals surface area contributed by atoms with Crippen molar-refractivity contribution in [3.63, 3.8) is 0 Å². The molecule has 0 atom stereocenters. The first-order valence-corrected chi connectivity index (χ1v) is 2.62. The van der Waals surface area contributed by atoms with E-state index in [-0.39, 0.29) is 24.4 Å². The van der Waals surface area contributed by atoms with Crippen LogP contribution in [-0.2, 0) is 22.9 Å². The van der Waals surface area contributed by atoms with Gasteiger partial charge in [-0.2, -0.15) is 0 Å². The van der Waals surface area contributed by atoms with Gasteiger partial charge < -0.3 is 0 Å². The molecule has 4 heavy (non-hydrogen) atoms. The van der Waals surface area contributed by atoms with Crippen molar-refractivity contribution in [3.05, 3.63) is 0 Å². The fourth-order valence-corrected chi connectivity index (χ4v) is 0. The van der Waals surface area contributed by atoms with Crippen LogP contribution in [0, 0.1) is 0 Å². The SMILES string of the molecule is [O]=[Cr].[O]=[InH]. The van der Waals surface area contributed by atoms with Gasteiger partial charge in [0.2, 0.25) is 0 Å². The molecule has 0 aliphatic rings. The Kier molecular flexibility index (Phi) is 79.8. The normalized spacial score (nSPS) is 1.75. The van der Waals surface area contributed by atoms with E-state index in [2.05, 4.69) is 0 Å². The molecule has 0 aromatic rings. The van der Waals surface area contributed by atoms with Crippen LogP contribution in [0.4, 0.5) is 0 Å². The van der Waals surface area contributed by atoms with Crippen molar-refractivity contribution in [1.29, 1.82) is 0 Å². The number of hydrogen-bond donors (Lipinski definition) is 0. The second kappa shape index (κ2) is 35.9. The fourth-order valence-electron chi connectivity index (χ4n) is 0. The second-order valence-corrected chi connectivity index (χ2v) is 0. The summed E-state index contributed by atoms with van der Waals surface area (Å²) in [6.45, 7) is 0. The van der Waals surface area contributed by atoms with E-state index >= 15 is 0 Å². The first-order chi connectivity index (χ1) is 2.00. The summed E-state index contributed by atoms with van der Waals surface area (Å²) in [5.74, 6) is 0. The quantitative estimate of drug-likeness (QED) is 0.508. The van der Waals surface area contributed by atoms with Gasteiger partial charge >= 0.3 is 47.3 Å². The molecule has 0 saturated carbocycles. The van der Waals surface area contributed by atoms with Crippen LogP contribution in [0.25, 0.3) is 0 Å². The van der Waals surface area contributed by atoms with Crippen LogP contribution in [0.5, 0.6) is 0 Å². The molecule has 0 unspecified atom stereocenters. The topological polar surface area (TPSA) is 34.1 Å². The van der Waals surface area contributed by atoms with Crippen LogP contribution in [0.2, 0.25) is 0 Å². The summed E-state index contributed by atoms with van der Waals surface area (Å²) in [6, 6.07) is 0. The van der Waals surface area contributed by atoms with Crippen molar-refractivity contribution in [2.45, 2.75) is 0 Å². The molecular formula is HCrInO2. The Balaban J connectivity index is 0. The van der Waals surface area contributed by atoms with E-state index in [1.54, 1.807) is 0 Å². The third-order valence-corrected chi connectivity index (χ3v) is 0. The summed E-state index contributed by atoms with van der Waals surface area (Å²) in [7, 11) is 0. The Morgan fingerprint density at radius 2 is 1.25 bits per heavy atom. The predicted octanol–water partition coefficient (Wildman–Crippen LogP) is -0.889. The number of rotatable bonds is 0. The van der Waals surface area contributed by atoms with Crippen molar-refractivity contribution in [1.82, 2.24) is 0 Å². The van der Waals surface area contributed by atoms with E-state index in [0.717, 1.165) is 0 Å². The van der Waals surface area contributed by atoms with Crippen LogP contribution in [-0.4, -0.2) is 24.4 Å². The first kappa shape index (κ1) is 8.89. The summed E-state index contributed by atoms with van der Waals surface area (Å²) >= 11 is 1.28. The zero-order valence-electron chi connectivity index (χ0n) is 1.93. The van der Waals surface area contributed by atoms with E-state index < -0.39 is 0 Å². The maximum absolute atomic E-state index is 8.42. The molecule has 0 amide bonds. The molecular weight excluding hydrogens is 199 g/mol. The molecule has 0 heterocycles. The van der Waals surface area contributed by atoms with Crippen LogP contribution >= 0.6 is 0 Å². The summed E-state index contributed by atoms with van der Waals surface area (Å²) in [5, 5.41) is 0. The van der Waals surface area contributed by atoms with Crippen molar-refractivity contribution >= 4 is 24.4 Å². The van der Waals surface area contributed by atoms with Crippen LogP contribution in [0.3, 0.4) is 0 Å². The van der Waals surface area contributed by atoms with Gasteiger partial charge in [0.25, 0.3) is 0 Å². The average Bonchev–Trinajstić information content (AvgIpc) is 1.50. The molecule has 0 aromatic heterocycles. The van der Waals surface area contributed by atoms with Crippen molar-refractivity contribution < 1.29 is 22.9 Å². The van der Waals surface area contributed by atoms with E-state index in [0.29, 0.717) is 0 Å². The fraction of sp³-hybridized carbons (Fsp3) is 0. The minimum absolute atomic E-state index is 0.1000. The van der Waals surface area contributed by atoms with E-state index in [1.165, 1.54) is 16.2 Å². The zero-order valence-corrected chi connectivity index (χ0v) is 7.24. The van der Waals surface area contributed by atoms with Gasteiger partial charge in [0, 0.05) is 0 Å². The van der Waals surface area contributed by atoms with E-state index in [4.69, 9.17) is 6.66 Å². The molecule has 0 radical (unpaired) electrons. The molecule has 0 aromatic carbocycles. The summed E-state index contributed by atoms with van der Waals surface area (Å²) < 4.78 is 16.5. The van der Waals surface area contributed by atoms with Gasteiger partial charge in [-0.1, -0.05) is 0 Å². The van der Waals surface area contributed by atoms with Gasteiger partial charge in [0.05, 0.1) is 0 Å². The molecule has 0 N–H and O–H groups in total. The molecule has 0 aliphatic heterocycles. The molecule has 0 aliphatic carbocycles. The zero-order chi connectivity index (χ0) is 4.00. The Morgan fingerprint density at radius 1 is 1.25 bits per heavy atom. The standard InChI is InChI=1S/Cr.In.2O.H. The van der Waals surface area contributed by atoms with Crippen molar-refractivity contribution in [3.8, 4) is 0 Å². The van der Waals surface area contributed by atoms with Gasteiger partial charge in [-0.3, -0.25) is 0 Å². The van der Waals surface area contributed by atoms with Crippen LogP contribution < -0.4 is 0 Å². The minimum atomic E-state index is -0.1000. The molecule has 0 bridgehead atoms. The van der Waals surface area contributed by atoms with Gasteiger partial charge in [-0.05, 0) is 0 Å². The summed E-state index contributed by atoms with van der Waals surface area (Å²) in [5.41, 5.74) is 0. The first-order valence-electron chi connectivity index (χ1n) is 0.455. The Bertz CT molecular complexity index is 8.00. The van der Waals surface area contributed by atoms with Gasteiger partial charge in [-0.15, -0.1) is 0 Å². The summed E-state index contributed by atoms with van der Waals surface area (Å²) in [4.78, 5) is 0. The van der Waals surface area contributed by atoms with E-state index in [9.17, 15) is 0 Å². The Labute approximate surface area is 47.2 Å². The predicted molar refractivity (Wildman–Crippen MR) is 8.52 cm³/mol. The molecule has 0 fully saturated rings. The molecule has 2 nitrogen and oxygen atoms in total. The van der Waals surface area contributed by atoms with Crippen LogP contribution in [0.1, 0.15) is 0 Å². The Hall–Kier alpha value is 1.00. The third-order valence-electron chi connectivity index (χ3n) is 0. The van der Waals surface area contributed by atoms with Gasteiger partial charge in [0.1, 0.15) is 0 Å². The van der Waals surface area contributed by atoms with E-state index in [1.807, 2.05) is 0 Å². The molecule has 22 valence electrons. The maximum atomic E-state index is 8.42. The van der Waals surface area contributed by atoms with Crippen molar-refractivity contribution in [2.75, 3.05) is 0 Å². The van der Waals surface area contributed by atoms with Crippen LogP contribution in [0.15, 0.2) is 0 Å². The number of hydrogen-bond acceptors (Lipinski definition) is 2. The molecule has 0 rings (SSSR count). The van der Waals surface area contributed by atoms with Crippen molar-refractivity contribution in [2.24, 2.45) is 0 Å². The molecule has 4 heteroatoms. The molecule has 0 spiro atoms. The summed E-state index contributed by atoms with van der Waals surface area (Å²) in [6.07, 6.45) is 0. The third kappa shape index (κ3) is 12.0.